The number of aromatic nitrogens is 1. The van der Waals surface area contributed by atoms with Gasteiger partial charge in [0, 0.05) is 35.8 Å². The smallest absolute Gasteiger partial charge is 0.267 e. The minimum absolute atomic E-state index is 0.528. The number of benzene rings is 1. The molecular weight excluding hydrogens is 350 g/mol. The first-order valence-corrected chi connectivity index (χ1v) is 10.2. The Morgan fingerprint density at radius 2 is 1.96 bits per heavy atom. The lowest BCUT2D eigenvalue weighted by Crippen LogP contribution is -2.27. The van der Waals surface area contributed by atoms with Crippen LogP contribution in [0.15, 0.2) is 42.5 Å². The number of nitrogens with one attached hydrogen (secondary N) is 1. The average Bonchev–Trinajstić information content (AvgIpc) is 3.06. The molecule has 1 amide bonds. The Kier molecular flexibility index (Phi) is 8.98. The van der Waals surface area contributed by atoms with Crippen molar-refractivity contribution < 1.29 is 10.0 Å². The van der Waals surface area contributed by atoms with Crippen LogP contribution in [0.2, 0.25) is 0 Å². The predicted molar refractivity (Wildman–Crippen MR) is 116 cm³/mol. The lowest BCUT2D eigenvalue weighted by molar-refractivity contribution is -0.124. The van der Waals surface area contributed by atoms with Crippen molar-refractivity contribution >= 4 is 22.9 Å². The molecular formula is C23H33N3O2. The normalized spacial score (nSPS) is 12.0. The molecule has 28 heavy (non-hydrogen) atoms. The Hall–Kier alpha value is -2.37. The first-order chi connectivity index (χ1) is 13.6. The van der Waals surface area contributed by atoms with Gasteiger partial charge in [0.2, 0.25) is 0 Å². The highest BCUT2D eigenvalue weighted by atomic mass is 16.5. The summed E-state index contributed by atoms with van der Waals surface area (Å²) >= 11 is 0. The number of amides is 1. The second-order valence-electron chi connectivity index (χ2n) is 6.86. The van der Waals surface area contributed by atoms with E-state index in [0.717, 1.165) is 51.0 Å². The molecule has 0 saturated carbocycles. The van der Waals surface area contributed by atoms with Crippen LogP contribution in [0.3, 0.4) is 0 Å². The van der Waals surface area contributed by atoms with Crippen LogP contribution >= 0.6 is 0 Å². The summed E-state index contributed by atoms with van der Waals surface area (Å²) < 4.78 is 2.43. The van der Waals surface area contributed by atoms with Gasteiger partial charge in [-0.15, -0.1) is 0 Å². The first kappa shape index (κ1) is 21.9. The summed E-state index contributed by atoms with van der Waals surface area (Å²) in [5.41, 5.74) is 5.13. The fourth-order valence-electron chi connectivity index (χ4n) is 3.43. The maximum atomic E-state index is 11.2. The molecule has 1 aromatic carbocycles. The van der Waals surface area contributed by atoms with E-state index in [0.29, 0.717) is 0 Å². The number of nitrogens with zero attached hydrogens (tertiary/aromatic N) is 2. The number of rotatable bonds is 11. The number of hydroxylamine groups is 1. The topological polar surface area (TPSA) is 57.5 Å². The van der Waals surface area contributed by atoms with Crippen LogP contribution in [0.25, 0.3) is 17.0 Å². The Labute approximate surface area is 168 Å². The summed E-state index contributed by atoms with van der Waals surface area (Å²) in [6.07, 6.45) is 10.6. The summed E-state index contributed by atoms with van der Waals surface area (Å²) in [6.45, 7) is 10.7. The van der Waals surface area contributed by atoms with Gasteiger partial charge < -0.3 is 9.47 Å². The third kappa shape index (κ3) is 6.08. The van der Waals surface area contributed by atoms with Gasteiger partial charge in [-0.2, -0.15) is 0 Å². The van der Waals surface area contributed by atoms with Gasteiger partial charge >= 0.3 is 0 Å². The summed E-state index contributed by atoms with van der Waals surface area (Å²) in [5.74, 6) is -0.528. The predicted octanol–water partition coefficient (Wildman–Crippen LogP) is 4.40. The molecule has 5 heteroatoms. The van der Waals surface area contributed by atoms with Crippen molar-refractivity contribution in [2.75, 3.05) is 19.6 Å². The largest absolute Gasteiger partial charge is 0.343 e. The van der Waals surface area contributed by atoms with E-state index in [4.69, 9.17) is 5.21 Å². The molecule has 0 unspecified atom stereocenters. The van der Waals surface area contributed by atoms with E-state index in [2.05, 4.69) is 60.6 Å². The molecule has 0 saturated heterocycles. The molecule has 0 bridgehead atoms. The van der Waals surface area contributed by atoms with Crippen LogP contribution in [0.1, 0.15) is 44.9 Å². The Morgan fingerprint density at radius 1 is 1.18 bits per heavy atom. The van der Waals surface area contributed by atoms with Crippen molar-refractivity contribution in [2.24, 2.45) is 0 Å². The molecule has 2 rings (SSSR count). The third-order valence-corrected chi connectivity index (χ3v) is 5.05. The van der Waals surface area contributed by atoms with E-state index < -0.39 is 5.91 Å². The number of carbonyl (C=O) groups excluding carboxylic acids is 1. The van der Waals surface area contributed by atoms with Gasteiger partial charge in [-0.05, 0) is 62.2 Å². The van der Waals surface area contributed by atoms with E-state index in [1.165, 1.54) is 22.7 Å². The summed E-state index contributed by atoms with van der Waals surface area (Å²) in [6, 6.07) is 8.49. The molecule has 0 fully saturated rings. The standard InChI is InChI=1S/C23H33N3O2/c1-4-7-8-9-10-21-18-20-17-19(12-14-23(27)24-28)11-13-22(20)26(21)16-15-25(5-2)6-3/h7-8,11-14,17-18,28H,4-6,9-10,15-16H2,1-3H3,(H,24,27)/b8-7-,14-12+. The van der Waals surface area contributed by atoms with Crippen molar-refractivity contribution in [3.05, 3.63) is 53.8 Å². The van der Waals surface area contributed by atoms with E-state index in [9.17, 15) is 4.79 Å². The van der Waals surface area contributed by atoms with Gasteiger partial charge in [0.1, 0.15) is 0 Å². The highest BCUT2D eigenvalue weighted by Gasteiger charge is 2.10. The number of hydrogen-bond donors (Lipinski definition) is 2. The zero-order chi connectivity index (χ0) is 20.4. The molecule has 0 atom stereocenters. The van der Waals surface area contributed by atoms with E-state index in [1.807, 2.05) is 6.07 Å². The van der Waals surface area contributed by atoms with Gasteiger partial charge in [0.25, 0.3) is 5.91 Å². The molecule has 1 heterocycles. The average molecular weight is 384 g/mol. The molecule has 0 spiro atoms. The van der Waals surface area contributed by atoms with Crippen molar-refractivity contribution in [3.63, 3.8) is 0 Å². The Bertz CT molecular complexity index is 817. The molecule has 0 aliphatic heterocycles. The third-order valence-electron chi connectivity index (χ3n) is 5.05. The summed E-state index contributed by atoms with van der Waals surface area (Å²) in [5, 5.41) is 9.81. The molecule has 2 aromatic rings. The van der Waals surface area contributed by atoms with Crippen LogP contribution in [0.4, 0.5) is 0 Å². The van der Waals surface area contributed by atoms with Gasteiger partial charge in [-0.1, -0.05) is 39.0 Å². The van der Waals surface area contributed by atoms with Crippen LogP contribution < -0.4 is 5.48 Å². The second-order valence-corrected chi connectivity index (χ2v) is 6.86. The molecule has 152 valence electrons. The van der Waals surface area contributed by atoms with Crippen LogP contribution in [-0.2, 0) is 17.8 Å². The summed E-state index contributed by atoms with van der Waals surface area (Å²) in [4.78, 5) is 13.7. The monoisotopic (exact) mass is 383 g/mol. The highest BCUT2D eigenvalue weighted by Crippen LogP contribution is 2.23. The molecule has 2 N–H and O–H groups in total. The quantitative estimate of drug-likeness (QED) is 0.262. The Balaban J connectivity index is 2.30. The number of aryl methyl sites for hydroxylation is 1. The maximum absolute atomic E-state index is 11.2. The fourth-order valence-corrected chi connectivity index (χ4v) is 3.43. The van der Waals surface area contributed by atoms with Crippen molar-refractivity contribution in [3.8, 4) is 0 Å². The van der Waals surface area contributed by atoms with Crippen LogP contribution in [-0.4, -0.2) is 40.2 Å². The molecule has 5 nitrogen and oxygen atoms in total. The van der Waals surface area contributed by atoms with Crippen molar-refractivity contribution in [1.82, 2.24) is 14.9 Å². The van der Waals surface area contributed by atoms with E-state index in [1.54, 1.807) is 11.6 Å². The molecule has 0 aliphatic rings. The maximum Gasteiger partial charge on any atom is 0.267 e. The van der Waals surface area contributed by atoms with Gasteiger partial charge in [0.05, 0.1) is 0 Å². The summed E-state index contributed by atoms with van der Waals surface area (Å²) in [7, 11) is 0. The minimum atomic E-state index is -0.528. The number of allylic oxidation sites excluding steroid dienone is 2. The zero-order valence-electron chi connectivity index (χ0n) is 17.3. The Morgan fingerprint density at radius 3 is 2.64 bits per heavy atom. The zero-order valence-corrected chi connectivity index (χ0v) is 17.3. The molecule has 0 aliphatic carbocycles. The second kappa shape index (κ2) is 11.5. The van der Waals surface area contributed by atoms with Gasteiger partial charge in [-0.3, -0.25) is 10.0 Å². The number of hydrogen-bond acceptors (Lipinski definition) is 3. The fraction of sp³-hybridized carbons (Fsp3) is 0.435. The number of carbonyl (C=O) groups is 1. The molecule has 1 aromatic heterocycles. The van der Waals surface area contributed by atoms with Crippen LogP contribution in [0.5, 0.6) is 0 Å². The van der Waals surface area contributed by atoms with E-state index >= 15 is 0 Å². The first-order valence-electron chi connectivity index (χ1n) is 10.2. The number of fused-ring (bicyclic) bond motifs is 1. The van der Waals surface area contributed by atoms with E-state index in [-0.39, 0.29) is 0 Å². The van der Waals surface area contributed by atoms with Gasteiger partial charge in [0.15, 0.2) is 0 Å². The van der Waals surface area contributed by atoms with Crippen molar-refractivity contribution in [1.29, 1.82) is 0 Å². The lowest BCUT2D eigenvalue weighted by Gasteiger charge is -2.20. The lowest BCUT2D eigenvalue weighted by atomic mass is 10.1. The minimum Gasteiger partial charge on any atom is -0.343 e. The number of likely N-dealkylation sites (N-methyl/N-ethyl adjacent to an activating group) is 1. The van der Waals surface area contributed by atoms with Crippen LogP contribution in [0, 0.1) is 0 Å². The molecule has 0 radical (unpaired) electrons. The van der Waals surface area contributed by atoms with Crippen molar-refractivity contribution in [2.45, 2.75) is 46.6 Å². The van der Waals surface area contributed by atoms with Gasteiger partial charge in [-0.25, -0.2) is 5.48 Å². The SMILES string of the molecule is CC/C=C\CCc1cc2cc(/C=C/C(=O)NO)ccc2n1CCN(CC)CC. The highest BCUT2D eigenvalue weighted by molar-refractivity contribution is 5.92.